The fourth-order valence-electron chi connectivity index (χ4n) is 4.38. The molecule has 0 bridgehead atoms. The average Bonchev–Trinajstić information content (AvgIpc) is 2.84. The number of carboxylic acid groups (broad SMARTS) is 1. The molecule has 2 amide bonds. The maximum Gasteiger partial charge on any atom is 0.336 e. The van der Waals surface area contributed by atoms with Gasteiger partial charge in [0.05, 0.1) is 0 Å². The Labute approximate surface area is 199 Å². The van der Waals surface area contributed by atoms with Crippen molar-refractivity contribution in [3.8, 4) is 11.1 Å². The monoisotopic (exact) mass is 464 g/mol. The van der Waals surface area contributed by atoms with E-state index in [9.17, 15) is 19.5 Å². The number of hydrogen-bond acceptors (Lipinski definition) is 4. The van der Waals surface area contributed by atoms with Gasteiger partial charge >= 0.3 is 17.6 Å². The maximum atomic E-state index is 12.9. The zero-order chi connectivity index (χ0) is 24.8. The molecule has 3 aromatic rings. The van der Waals surface area contributed by atoms with E-state index in [1.807, 2.05) is 57.2 Å². The van der Waals surface area contributed by atoms with Crippen molar-refractivity contribution in [1.29, 1.82) is 0 Å². The second-order valence-corrected chi connectivity index (χ2v) is 8.31. The molecule has 7 nitrogen and oxygen atoms in total. The molecule has 4 rings (SSSR count). The zero-order valence-corrected chi connectivity index (χ0v) is 20.2. The fraction of sp³-hybridized carbons (Fsp3) is 0.370. The Balaban J connectivity index is 0.00000158. The molecular formula is C27H32N2O5. The van der Waals surface area contributed by atoms with Crippen molar-refractivity contribution in [3.63, 3.8) is 0 Å². The molecule has 2 aromatic carbocycles. The number of fused-ring (bicyclic) bond motifs is 1. The summed E-state index contributed by atoms with van der Waals surface area (Å²) in [5.41, 5.74) is 3.65. The Morgan fingerprint density at radius 1 is 1.09 bits per heavy atom. The molecule has 2 heterocycles. The number of nitrogens with zero attached hydrogens (tertiary/aromatic N) is 2. The fourth-order valence-corrected chi connectivity index (χ4v) is 4.38. The normalized spacial score (nSPS) is 15.4. The van der Waals surface area contributed by atoms with Crippen LogP contribution in [0.4, 0.5) is 4.79 Å². The van der Waals surface area contributed by atoms with E-state index in [4.69, 9.17) is 4.42 Å². The molecule has 1 fully saturated rings. The number of carbonyl (C=O) groups is 2. The highest BCUT2D eigenvalue weighted by Crippen LogP contribution is 2.30. The molecule has 34 heavy (non-hydrogen) atoms. The maximum absolute atomic E-state index is 12.9. The van der Waals surface area contributed by atoms with Crippen LogP contribution in [0.1, 0.15) is 44.2 Å². The van der Waals surface area contributed by atoms with Crippen molar-refractivity contribution in [2.24, 2.45) is 0 Å². The molecule has 1 N–H and O–H groups in total. The first-order valence-electron chi connectivity index (χ1n) is 11.7. The largest absolute Gasteiger partial charge is 0.480 e. The summed E-state index contributed by atoms with van der Waals surface area (Å²) in [6.07, 6.45) is 2.07. The lowest BCUT2D eigenvalue weighted by Crippen LogP contribution is -2.52. The lowest BCUT2D eigenvalue weighted by molar-refractivity contribution is -0.143. The third-order valence-electron chi connectivity index (χ3n) is 6.02. The lowest BCUT2D eigenvalue weighted by atomic mass is 9.97. The van der Waals surface area contributed by atoms with Gasteiger partial charge in [0.15, 0.2) is 0 Å². The summed E-state index contributed by atoms with van der Waals surface area (Å²) in [6.45, 7) is 6.71. The Kier molecular flexibility index (Phi) is 8.10. The van der Waals surface area contributed by atoms with E-state index in [0.29, 0.717) is 18.5 Å². The Morgan fingerprint density at radius 2 is 1.82 bits per heavy atom. The first-order valence-corrected chi connectivity index (χ1v) is 11.7. The highest BCUT2D eigenvalue weighted by molar-refractivity contribution is 5.94. The van der Waals surface area contributed by atoms with Gasteiger partial charge in [-0.15, -0.1) is 0 Å². The van der Waals surface area contributed by atoms with Gasteiger partial charge in [-0.05, 0) is 48.9 Å². The van der Waals surface area contributed by atoms with Gasteiger partial charge in [-0.1, -0.05) is 50.2 Å². The summed E-state index contributed by atoms with van der Waals surface area (Å²) in [5.74, 6) is -0.970. The number of benzene rings is 2. The summed E-state index contributed by atoms with van der Waals surface area (Å²) in [7, 11) is 1.65. The predicted molar refractivity (Wildman–Crippen MR) is 133 cm³/mol. The number of amides is 2. The molecule has 180 valence electrons. The number of carboxylic acids is 1. The first kappa shape index (κ1) is 25.0. The standard InChI is InChI=1S/C25H26N2O5.C2H6/c1-16-7-3-4-8-18(16)20-14-23(28)32-22-13-17(10-11-19(20)22)15-26(2)25(31)27-12-6-5-9-21(27)24(29)30;1-2/h3-4,7-8,10-11,13-14,21H,5-6,9,12,15H2,1-2H3,(H,29,30);1-2H3. The quantitative estimate of drug-likeness (QED) is 0.530. The molecule has 1 aliphatic heterocycles. The molecule has 0 aliphatic carbocycles. The molecule has 1 unspecified atom stereocenters. The molecular weight excluding hydrogens is 432 g/mol. The van der Waals surface area contributed by atoms with Gasteiger partial charge in [-0.2, -0.15) is 0 Å². The highest BCUT2D eigenvalue weighted by Gasteiger charge is 2.33. The van der Waals surface area contributed by atoms with E-state index >= 15 is 0 Å². The third-order valence-corrected chi connectivity index (χ3v) is 6.02. The minimum absolute atomic E-state index is 0.274. The summed E-state index contributed by atoms with van der Waals surface area (Å²) in [6, 6.07) is 13.8. The van der Waals surface area contributed by atoms with Gasteiger partial charge in [0.25, 0.3) is 0 Å². The molecule has 1 aliphatic rings. The zero-order valence-electron chi connectivity index (χ0n) is 20.2. The second kappa shape index (κ2) is 11.0. The smallest absolute Gasteiger partial charge is 0.336 e. The number of likely N-dealkylation sites (tertiary alicyclic amines) is 1. The van der Waals surface area contributed by atoms with Gasteiger partial charge in [-0.25, -0.2) is 14.4 Å². The van der Waals surface area contributed by atoms with E-state index in [0.717, 1.165) is 40.5 Å². The van der Waals surface area contributed by atoms with Crippen LogP contribution in [0, 0.1) is 6.92 Å². The van der Waals surface area contributed by atoms with Crippen LogP contribution < -0.4 is 5.63 Å². The number of aliphatic carboxylic acids is 1. The summed E-state index contributed by atoms with van der Waals surface area (Å²) in [5, 5.41) is 10.3. The van der Waals surface area contributed by atoms with Crippen molar-refractivity contribution in [2.75, 3.05) is 13.6 Å². The Morgan fingerprint density at radius 3 is 2.53 bits per heavy atom. The summed E-state index contributed by atoms with van der Waals surface area (Å²) >= 11 is 0. The second-order valence-electron chi connectivity index (χ2n) is 8.31. The predicted octanol–water partition coefficient (Wildman–Crippen LogP) is 5.29. The van der Waals surface area contributed by atoms with E-state index in [1.165, 1.54) is 15.9 Å². The molecule has 1 aromatic heterocycles. The van der Waals surface area contributed by atoms with Crippen LogP contribution in [-0.2, 0) is 11.3 Å². The van der Waals surface area contributed by atoms with Gasteiger partial charge in [0, 0.05) is 37.2 Å². The van der Waals surface area contributed by atoms with E-state index in [-0.39, 0.29) is 12.6 Å². The van der Waals surface area contributed by atoms with Crippen LogP contribution in [0.25, 0.3) is 22.1 Å². The number of rotatable bonds is 4. The van der Waals surface area contributed by atoms with Crippen LogP contribution >= 0.6 is 0 Å². The lowest BCUT2D eigenvalue weighted by Gasteiger charge is -2.35. The summed E-state index contributed by atoms with van der Waals surface area (Å²) in [4.78, 5) is 39.7. The number of piperidine rings is 1. The summed E-state index contributed by atoms with van der Waals surface area (Å²) < 4.78 is 5.46. The molecule has 7 heteroatoms. The van der Waals surface area contributed by atoms with Crippen molar-refractivity contribution in [3.05, 3.63) is 70.1 Å². The Bertz CT molecular complexity index is 1230. The van der Waals surface area contributed by atoms with Gasteiger partial charge in [0.1, 0.15) is 11.6 Å². The molecule has 0 saturated carbocycles. The van der Waals surface area contributed by atoms with Crippen molar-refractivity contribution in [1.82, 2.24) is 9.80 Å². The van der Waals surface area contributed by atoms with E-state index < -0.39 is 17.6 Å². The number of urea groups is 1. The van der Waals surface area contributed by atoms with Crippen molar-refractivity contribution in [2.45, 2.75) is 52.6 Å². The number of hydrogen-bond donors (Lipinski definition) is 1. The van der Waals surface area contributed by atoms with Crippen LogP contribution in [-0.4, -0.2) is 46.5 Å². The van der Waals surface area contributed by atoms with Gasteiger partial charge in [0.2, 0.25) is 0 Å². The van der Waals surface area contributed by atoms with Crippen LogP contribution in [0.3, 0.4) is 0 Å². The number of carbonyl (C=O) groups excluding carboxylic acids is 1. The van der Waals surface area contributed by atoms with Gasteiger partial charge in [-0.3, -0.25) is 0 Å². The average molecular weight is 465 g/mol. The SMILES string of the molecule is CC.Cc1ccccc1-c1cc(=O)oc2cc(CN(C)C(=O)N3CCCCC3C(=O)O)ccc12. The molecule has 1 saturated heterocycles. The minimum Gasteiger partial charge on any atom is -0.480 e. The van der Waals surface area contributed by atoms with Crippen molar-refractivity contribution >= 4 is 23.0 Å². The minimum atomic E-state index is -0.970. The molecule has 0 spiro atoms. The Hall–Kier alpha value is -3.61. The first-order chi connectivity index (χ1) is 16.3. The molecule has 1 atom stereocenters. The van der Waals surface area contributed by atoms with E-state index in [2.05, 4.69) is 0 Å². The van der Waals surface area contributed by atoms with Crippen molar-refractivity contribution < 1.29 is 19.1 Å². The van der Waals surface area contributed by atoms with Crippen LogP contribution in [0.5, 0.6) is 0 Å². The number of aryl methyl sites for hydroxylation is 1. The third kappa shape index (κ3) is 5.30. The molecule has 0 radical (unpaired) electrons. The topological polar surface area (TPSA) is 91.1 Å². The van der Waals surface area contributed by atoms with E-state index in [1.54, 1.807) is 13.1 Å². The van der Waals surface area contributed by atoms with Gasteiger partial charge < -0.3 is 19.3 Å². The van der Waals surface area contributed by atoms with Crippen LogP contribution in [0.2, 0.25) is 0 Å². The highest BCUT2D eigenvalue weighted by atomic mass is 16.4. The van der Waals surface area contributed by atoms with Crippen LogP contribution in [0.15, 0.2) is 57.7 Å².